The number of aromatic hydroxyl groups is 1. The molecule has 2 heterocycles. The molecule has 0 radical (unpaired) electrons. The number of fused-ring (bicyclic) bond motifs is 1. The van der Waals surface area contributed by atoms with E-state index in [9.17, 15) is 10.2 Å². The van der Waals surface area contributed by atoms with Crippen LogP contribution >= 0.6 is 0 Å². The van der Waals surface area contributed by atoms with Gasteiger partial charge < -0.3 is 10.2 Å². The zero-order valence-electron chi connectivity index (χ0n) is 10.7. The van der Waals surface area contributed by atoms with Crippen LogP contribution in [0.4, 0.5) is 0 Å². The molecular weight excluding hydrogens is 242 g/mol. The number of phenolic OH excluding ortho intramolecular Hbond substituents is 1. The Kier molecular flexibility index (Phi) is 3.21. The van der Waals surface area contributed by atoms with E-state index < -0.39 is 0 Å². The smallest absolute Gasteiger partial charge is 0.155 e. The summed E-state index contributed by atoms with van der Waals surface area (Å²) in [5.41, 5.74) is 0.837. The Bertz CT molecular complexity index is 580. The minimum absolute atomic E-state index is 0.210. The van der Waals surface area contributed by atoms with Crippen LogP contribution in [0.1, 0.15) is 23.6 Å². The van der Waals surface area contributed by atoms with Gasteiger partial charge >= 0.3 is 0 Å². The van der Waals surface area contributed by atoms with Crippen molar-refractivity contribution in [2.45, 2.75) is 25.8 Å². The maximum atomic E-state index is 9.76. The van der Waals surface area contributed by atoms with Crippen molar-refractivity contribution in [3.63, 3.8) is 0 Å². The Hall–Kier alpha value is -1.88. The van der Waals surface area contributed by atoms with Crippen LogP contribution in [0.3, 0.4) is 0 Å². The van der Waals surface area contributed by atoms with Gasteiger partial charge in [-0.05, 0) is 18.4 Å². The average Bonchev–Trinajstić information content (AvgIpc) is 2.82. The van der Waals surface area contributed by atoms with Gasteiger partial charge in [0.1, 0.15) is 11.6 Å². The summed E-state index contributed by atoms with van der Waals surface area (Å²) in [5, 5.41) is 23.4. The lowest BCUT2D eigenvalue weighted by Gasteiger charge is -2.19. The first-order valence-corrected chi connectivity index (χ1v) is 6.56. The van der Waals surface area contributed by atoms with Crippen LogP contribution in [0.15, 0.2) is 24.3 Å². The van der Waals surface area contributed by atoms with Gasteiger partial charge in [-0.25, -0.2) is 9.67 Å². The third-order valence-electron chi connectivity index (χ3n) is 3.61. The summed E-state index contributed by atoms with van der Waals surface area (Å²) in [4.78, 5) is 4.51. The van der Waals surface area contributed by atoms with Crippen molar-refractivity contribution in [2.24, 2.45) is 5.92 Å². The zero-order valence-corrected chi connectivity index (χ0v) is 10.7. The summed E-state index contributed by atoms with van der Waals surface area (Å²) in [7, 11) is 0. The molecule has 1 aliphatic rings. The monoisotopic (exact) mass is 259 g/mol. The quantitative estimate of drug-likeness (QED) is 0.866. The minimum Gasteiger partial charge on any atom is -0.508 e. The normalized spacial score (nSPS) is 18.3. The molecule has 2 aromatic rings. The summed E-state index contributed by atoms with van der Waals surface area (Å²) in [6, 6.07) is 7.25. The maximum absolute atomic E-state index is 9.76. The topological polar surface area (TPSA) is 71.2 Å². The molecule has 2 N–H and O–H groups in total. The first-order chi connectivity index (χ1) is 9.26. The highest BCUT2D eigenvalue weighted by molar-refractivity contribution is 5.33. The van der Waals surface area contributed by atoms with E-state index in [4.69, 9.17) is 0 Å². The number of aromatic nitrogens is 3. The molecule has 0 amide bonds. The molecule has 3 rings (SSSR count). The molecule has 1 aromatic carbocycles. The lowest BCUT2D eigenvalue weighted by molar-refractivity contribution is 0.196. The van der Waals surface area contributed by atoms with Gasteiger partial charge in [-0.15, -0.1) is 0 Å². The Morgan fingerprint density at radius 2 is 2.16 bits per heavy atom. The Labute approximate surface area is 111 Å². The van der Waals surface area contributed by atoms with Gasteiger partial charge in [-0.2, -0.15) is 5.10 Å². The van der Waals surface area contributed by atoms with Crippen molar-refractivity contribution in [2.75, 3.05) is 6.61 Å². The van der Waals surface area contributed by atoms with Crippen molar-refractivity contribution in [1.82, 2.24) is 14.8 Å². The van der Waals surface area contributed by atoms with Crippen LogP contribution in [0.5, 0.6) is 5.75 Å². The molecule has 1 aliphatic heterocycles. The Morgan fingerprint density at radius 1 is 1.32 bits per heavy atom. The highest BCUT2D eigenvalue weighted by Gasteiger charge is 2.21. The van der Waals surface area contributed by atoms with Crippen molar-refractivity contribution in [1.29, 1.82) is 0 Å². The van der Waals surface area contributed by atoms with Gasteiger partial charge in [-0.1, -0.05) is 18.2 Å². The Balaban J connectivity index is 1.80. The molecular formula is C14H17N3O2. The van der Waals surface area contributed by atoms with E-state index in [1.807, 2.05) is 16.8 Å². The van der Waals surface area contributed by atoms with Crippen LogP contribution in [-0.2, 0) is 19.4 Å². The second kappa shape index (κ2) is 5.01. The molecule has 1 atom stereocenters. The molecule has 0 fully saturated rings. The third-order valence-corrected chi connectivity index (χ3v) is 3.61. The lowest BCUT2D eigenvalue weighted by Crippen LogP contribution is -2.22. The van der Waals surface area contributed by atoms with E-state index in [1.54, 1.807) is 12.1 Å². The molecule has 19 heavy (non-hydrogen) atoms. The predicted molar refractivity (Wildman–Crippen MR) is 69.8 cm³/mol. The number of aryl methyl sites for hydroxylation is 1. The number of para-hydroxylation sites is 1. The number of aliphatic hydroxyl groups excluding tert-OH is 1. The molecule has 0 saturated heterocycles. The number of hydrogen-bond acceptors (Lipinski definition) is 4. The van der Waals surface area contributed by atoms with Gasteiger partial charge in [0, 0.05) is 31.6 Å². The zero-order chi connectivity index (χ0) is 13.2. The van der Waals surface area contributed by atoms with Gasteiger partial charge in [0.05, 0.1) is 0 Å². The highest BCUT2D eigenvalue weighted by atomic mass is 16.3. The average molecular weight is 259 g/mol. The number of rotatable bonds is 3. The van der Waals surface area contributed by atoms with Crippen LogP contribution in [0.2, 0.25) is 0 Å². The second-order valence-electron chi connectivity index (χ2n) is 5.01. The summed E-state index contributed by atoms with van der Waals surface area (Å²) in [6.45, 7) is 1.02. The van der Waals surface area contributed by atoms with E-state index in [2.05, 4.69) is 10.1 Å². The van der Waals surface area contributed by atoms with E-state index in [0.717, 1.165) is 36.6 Å². The highest BCUT2D eigenvalue weighted by Crippen LogP contribution is 2.21. The van der Waals surface area contributed by atoms with Crippen molar-refractivity contribution in [3.05, 3.63) is 41.5 Å². The molecule has 100 valence electrons. The van der Waals surface area contributed by atoms with E-state index in [0.29, 0.717) is 12.3 Å². The molecule has 1 unspecified atom stereocenters. The minimum atomic E-state index is 0.210. The number of aliphatic hydroxyl groups is 1. The third kappa shape index (κ3) is 2.46. The molecule has 0 spiro atoms. The fourth-order valence-corrected chi connectivity index (χ4v) is 2.48. The van der Waals surface area contributed by atoms with Crippen LogP contribution < -0.4 is 0 Å². The van der Waals surface area contributed by atoms with Crippen LogP contribution in [-0.4, -0.2) is 31.6 Å². The van der Waals surface area contributed by atoms with E-state index >= 15 is 0 Å². The van der Waals surface area contributed by atoms with Crippen molar-refractivity contribution >= 4 is 0 Å². The molecule has 1 aromatic heterocycles. The number of hydrogen-bond donors (Lipinski definition) is 2. The van der Waals surface area contributed by atoms with E-state index in [1.165, 1.54) is 0 Å². The van der Waals surface area contributed by atoms with Gasteiger partial charge in [0.2, 0.25) is 0 Å². The van der Waals surface area contributed by atoms with Gasteiger partial charge in [0.25, 0.3) is 0 Å². The molecule has 0 aliphatic carbocycles. The summed E-state index contributed by atoms with van der Waals surface area (Å²) < 4.78 is 1.92. The first-order valence-electron chi connectivity index (χ1n) is 6.56. The number of phenols is 1. The van der Waals surface area contributed by atoms with Crippen molar-refractivity contribution in [3.8, 4) is 5.75 Å². The predicted octanol–water partition coefficient (Wildman–Crippen LogP) is 1.13. The maximum Gasteiger partial charge on any atom is 0.155 e. The van der Waals surface area contributed by atoms with Gasteiger partial charge in [-0.3, -0.25) is 0 Å². The molecule has 5 nitrogen and oxygen atoms in total. The summed E-state index contributed by atoms with van der Waals surface area (Å²) in [6.07, 6.45) is 2.27. The number of benzene rings is 1. The fourth-order valence-electron chi connectivity index (χ4n) is 2.48. The van der Waals surface area contributed by atoms with Gasteiger partial charge in [0.15, 0.2) is 5.82 Å². The number of nitrogens with zero attached hydrogens (tertiary/aromatic N) is 3. The summed E-state index contributed by atoms with van der Waals surface area (Å²) >= 11 is 0. The SMILES string of the molecule is OCC1CCn2nc(Cc3ccccc3O)nc2C1. The molecule has 0 bridgehead atoms. The van der Waals surface area contributed by atoms with E-state index in [-0.39, 0.29) is 12.4 Å². The Morgan fingerprint density at radius 3 is 2.95 bits per heavy atom. The fraction of sp³-hybridized carbons (Fsp3) is 0.429. The van der Waals surface area contributed by atoms with Crippen LogP contribution in [0.25, 0.3) is 0 Å². The van der Waals surface area contributed by atoms with Crippen molar-refractivity contribution < 1.29 is 10.2 Å². The lowest BCUT2D eigenvalue weighted by atomic mass is 9.99. The molecule has 0 saturated carbocycles. The standard InChI is InChI=1S/C14H17N3O2/c18-9-10-5-6-17-14(7-10)15-13(16-17)8-11-3-1-2-4-12(11)19/h1-4,10,18-19H,5-9H2. The first kappa shape index (κ1) is 12.2. The largest absolute Gasteiger partial charge is 0.508 e. The molecule has 5 heteroatoms. The second-order valence-corrected chi connectivity index (χ2v) is 5.01. The summed E-state index contributed by atoms with van der Waals surface area (Å²) in [5.74, 6) is 2.25. The van der Waals surface area contributed by atoms with Crippen LogP contribution in [0, 0.1) is 5.92 Å².